The lowest BCUT2D eigenvalue weighted by atomic mass is 10.2. The van der Waals surface area contributed by atoms with E-state index in [4.69, 9.17) is 4.74 Å². The molecule has 0 bridgehead atoms. The van der Waals surface area contributed by atoms with E-state index in [0.29, 0.717) is 0 Å². The lowest BCUT2D eigenvalue weighted by molar-refractivity contribution is -0.147. The molecule has 1 rings (SSSR count). The van der Waals surface area contributed by atoms with Crippen molar-refractivity contribution in [3.8, 4) is 0 Å². The van der Waals surface area contributed by atoms with Gasteiger partial charge in [0.2, 0.25) is 0 Å². The van der Waals surface area contributed by atoms with Crippen LogP contribution < -0.4 is 0 Å². The van der Waals surface area contributed by atoms with E-state index in [-0.39, 0.29) is 18.0 Å². The van der Waals surface area contributed by atoms with Crippen LogP contribution in [0.3, 0.4) is 0 Å². The molecule has 0 N–H and O–H groups in total. The zero-order valence-electron chi connectivity index (χ0n) is 5.59. The normalized spacial score (nSPS) is 18.1. The number of esters is 1. The summed E-state index contributed by atoms with van der Waals surface area (Å²) in [6, 6.07) is 0. The fourth-order valence-electron chi connectivity index (χ4n) is 0.466. The first-order chi connectivity index (χ1) is 4.20. The molecule has 2 heteroatoms. The molecule has 0 aromatic rings. The molecule has 1 aliphatic rings. The van der Waals surface area contributed by atoms with E-state index in [2.05, 4.69) is 6.92 Å². The van der Waals surface area contributed by atoms with Crippen LogP contribution in [0, 0.1) is 12.8 Å². The van der Waals surface area contributed by atoms with E-state index in [1.807, 2.05) is 0 Å². The molecule has 1 aliphatic carbocycles. The molecule has 1 radical (unpaired) electrons. The van der Waals surface area contributed by atoms with Gasteiger partial charge in [-0.1, -0.05) is 6.92 Å². The van der Waals surface area contributed by atoms with Gasteiger partial charge in [0.1, 0.15) is 6.10 Å². The summed E-state index contributed by atoms with van der Waals surface area (Å²) < 4.78 is 4.92. The Morgan fingerprint density at radius 1 is 1.78 bits per heavy atom. The number of hydrogen-bond acceptors (Lipinski definition) is 2. The Morgan fingerprint density at radius 2 is 2.33 bits per heavy atom. The average Bonchev–Trinajstić information content (AvgIpc) is 2.50. The van der Waals surface area contributed by atoms with Gasteiger partial charge in [-0.15, -0.1) is 0 Å². The fraction of sp³-hybridized carbons (Fsp3) is 0.714. The third kappa shape index (κ3) is 2.04. The number of ether oxygens (including phenoxy) is 1. The van der Waals surface area contributed by atoms with E-state index in [9.17, 15) is 4.79 Å². The molecule has 1 saturated carbocycles. The molecule has 0 heterocycles. The molecule has 2 nitrogen and oxygen atoms in total. The van der Waals surface area contributed by atoms with E-state index >= 15 is 0 Å². The largest absolute Gasteiger partial charge is 0.462 e. The lowest BCUT2D eigenvalue weighted by Crippen LogP contribution is -2.12. The summed E-state index contributed by atoms with van der Waals surface area (Å²) in [6.45, 7) is 5.29. The zero-order valence-corrected chi connectivity index (χ0v) is 5.59. The third-order valence-corrected chi connectivity index (χ3v) is 1.21. The average molecular weight is 127 g/mol. The van der Waals surface area contributed by atoms with Crippen molar-refractivity contribution >= 4 is 5.97 Å². The highest BCUT2D eigenvalue weighted by molar-refractivity contribution is 5.72. The Morgan fingerprint density at radius 3 is 2.67 bits per heavy atom. The van der Waals surface area contributed by atoms with Crippen molar-refractivity contribution in [3.63, 3.8) is 0 Å². The van der Waals surface area contributed by atoms with Gasteiger partial charge in [-0.25, -0.2) is 0 Å². The van der Waals surface area contributed by atoms with Crippen LogP contribution in [0.25, 0.3) is 0 Å². The highest BCUT2D eigenvalue weighted by Crippen LogP contribution is 2.24. The molecule has 0 spiro atoms. The van der Waals surface area contributed by atoms with E-state index in [1.165, 1.54) is 0 Å². The van der Waals surface area contributed by atoms with Crippen LogP contribution in [0.2, 0.25) is 0 Å². The minimum Gasteiger partial charge on any atom is -0.462 e. The Bertz CT molecular complexity index is 114. The maximum absolute atomic E-state index is 10.7. The number of hydrogen-bond donors (Lipinski definition) is 0. The summed E-state index contributed by atoms with van der Waals surface area (Å²) in [5.41, 5.74) is 0. The third-order valence-electron chi connectivity index (χ3n) is 1.21. The van der Waals surface area contributed by atoms with Gasteiger partial charge in [0.25, 0.3) is 0 Å². The molecule has 9 heavy (non-hydrogen) atoms. The van der Waals surface area contributed by atoms with Crippen molar-refractivity contribution in [2.45, 2.75) is 25.9 Å². The highest BCUT2D eigenvalue weighted by atomic mass is 16.5. The van der Waals surface area contributed by atoms with Gasteiger partial charge >= 0.3 is 5.97 Å². The maximum atomic E-state index is 10.7. The van der Waals surface area contributed by atoms with Crippen molar-refractivity contribution in [2.75, 3.05) is 0 Å². The monoisotopic (exact) mass is 127 g/mol. The minimum absolute atomic E-state index is 0.169. The van der Waals surface area contributed by atoms with Gasteiger partial charge in [0.05, 0.1) is 5.92 Å². The van der Waals surface area contributed by atoms with Crippen LogP contribution in [0.4, 0.5) is 0 Å². The Labute approximate surface area is 55.2 Å². The van der Waals surface area contributed by atoms with E-state index < -0.39 is 0 Å². The van der Waals surface area contributed by atoms with Crippen molar-refractivity contribution in [3.05, 3.63) is 6.92 Å². The second kappa shape index (κ2) is 2.38. The quantitative estimate of drug-likeness (QED) is 0.520. The summed E-state index contributed by atoms with van der Waals surface area (Å²) in [7, 11) is 0. The molecule has 1 atom stereocenters. The Hall–Kier alpha value is -0.530. The first kappa shape index (κ1) is 6.59. The molecular formula is C7H11O2. The molecule has 0 amide bonds. The number of rotatable bonds is 2. The first-order valence-electron chi connectivity index (χ1n) is 3.23. The summed E-state index contributed by atoms with van der Waals surface area (Å²) in [5, 5.41) is 0. The Kier molecular flexibility index (Phi) is 1.74. The van der Waals surface area contributed by atoms with E-state index in [1.54, 1.807) is 6.92 Å². The van der Waals surface area contributed by atoms with Crippen LogP contribution in [-0.2, 0) is 9.53 Å². The molecular weight excluding hydrogens is 116 g/mol. The molecule has 0 aromatic heterocycles. The predicted octanol–water partition coefficient (Wildman–Crippen LogP) is 1.16. The molecule has 0 aromatic carbocycles. The molecule has 51 valence electrons. The van der Waals surface area contributed by atoms with Gasteiger partial charge < -0.3 is 4.74 Å². The molecule has 0 aliphatic heterocycles. The standard InChI is InChI=1S/C7H11O2/c1-5(2)7(8)9-6-3-4-6/h5-6H,1,3-4H2,2H3. The second-order valence-electron chi connectivity index (χ2n) is 2.54. The maximum Gasteiger partial charge on any atom is 0.308 e. The van der Waals surface area contributed by atoms with Gasteiger partial charge in [0.15, 0.2) is 0 Å². The zero-order chi connectivity index (χ0) is 6.85. The van der Waals surface area contributed by atoms with Gasteiger partial charge in [-0.3, -0.25) is 4.79 Å². The van der Waals surface area contributed by atoms with Crippen LogP contribution in [0.15, 0.2) is 0 Å². The van der Waals surface area contributed by atoms with Crippen LogP contribution in [0.5, 0.6) is 0 Å². The van der Waals surface area contributed by atoms with Gasteiger partial charge in [0, 0.05) is 0 Å². The predicted molar refractivity (Wildman–Crippen MR) is 33.6 cm³/mol. The minimum atomic E-state index is -0.217. The molecule has 0 saturated heterocycles. The molecule has 1 fully saturated rings. The summed E-state index contributed by atoms with van der Waals surface area (Å²) in [6.07, 6.45) is 2.30. The summed E-state index contributed by atoms with van der Waals surface area (Å²) in [5.74, 6) is -0.386. The topological polar surface area (TPSA) is 26.3 Å². The molecule has 1 unspecified atom stereocenters. The van der Waals surface area contributed by atoms with Crippen molar-refractivity contribution in [2.24, 2.45) is 5.92 Å². The van der Waals surface area contributed by atoms with Crippen LogP contribution >= 0.6 is 0 Å². The van der Waals surface area contributed by atoms with Crippen molar-refractivity contribution in [1.82, 2.24) is 0 Å². The lowest BCUT2D eigenvalue weighted by Gasteiger charge is -2.03. The summed E-state index contributed by atoms with van der Waals surface area (Å²) >= 11 is 0. The van der Waals surface area contributed by atoms with Crippen molar-refractivity contribution < 1.29 is 9.53 Å². The highest BCUT2D eigenvalue weighted by Gasteiger charge is 2.26. The van der Waals surface area contributed by atoms with Crippen molar-refractivity contribution in [1.29, 1.82) is 0 Å². The second-order valence-corrected chi connectivity index (χ2v) is 2.54. The summed E-state index contributed by atoms with van der Waals surface area (Å²) in [4.78, 5) is 10.7. The Balaban J connectivity index is 2.17. The van der Waals surface area contributed by atoms with Crippen LogP contribution in [-0.4, -0.2) is 12.1 Å². The number of carbonyl (C=O) groups is 1. The SMILES string of the molecule is [CH2]C(C)C(=O)OC1CC1. The van der Waals surface area contributed by atoms with Gasteiger partial charge in [-0.2, -0.15) is 0 Å². The number of carbonyl (C=O) groups excluding carboxylic acids is 1. The van der Waals surface area contributed by atoms with Gasteiger partial charge in [-0.05, 0) is 19.8 Å². The smallest absolute Gasteiger partial charge is 0.308 e. The fourth-order valence-corrected chi connectivity index (χ4v) is 0.466. The first-order valence-corrected chi connectivity index (χ1v) is 3.23. The van der Waals surface area contributed by atoms with E-state index in [0.717, 1.165) is 12.8 Å². The van der Waals surface area contributed by atoms with Crippen LogP contribution in [0.1, 0.15) is 19.8 Å².